The fourth-order valence-corrected chi connectivity index (χ4v) is 5.16. The lowest BCUT2D eigenvalue weighted by atomic mass is 10.2. The maximum Gasteiger partial charge on any atom is 0.239 e. The predicted octanol–water partition coefficient (Wildman–Crippen LogP) is 1.81. The van der Waals surface area contributed by atoms with Gasteiger partial charge < -0.3 is 4.74 Å². The molecule has 1 saturated heterocycles. The zero-order chi connectivity index (χ0) is 17.4. The Labute approximate surface area is 148 Å². The van der Waals surface area contributed by atoms with Crippen LogP contribution in [0.4, 0.5) is 0 Å². The van der Waals surface area contributed by atoms with E-state index in [-0.39, 0.29) is 12.6 Å². The molecule has 0 spiro atoms. The molecule has 7 heteroatoms. The smallest absolute Gasteiger partial charge is 0.239 e. The van der Waals surface area contributed by atoms with Crippen molar-refractivity contribution in [2.45, 2.75) is 31.3 Å². The molecular formula is C18H21N3O3S. The van der Waals surface area contributed by atoms with E-state index in [0.717, 1.165) is 18.4 Å². The highest BCUT2D eigenvalue weighted by atomic mass is 32.2. The van der Waals surface area contributed by atoms with Gasteiger partial charge in [-0.05, 0) is 25.0 Å². The molecule has 1 saturated carbocycles. The first-order chi connectivity index (χ1) is 12.1. The molecule has 0 bridgehead atoms. The maximum atomic E-state index is 13.1. The van der Waals surface area contributed by atoms with Crippen LogP contribution in [-0.4, -0.2) is 55.9 Å². The summed E-state index contributed by atoms with van der Waals surface area (Å²) in [5.41, 5.74) is 0.784. The second kappa shape index (κ2) is 6.45. The van der Waals surface area contributed by atoms with Gasteiger partial charge in [0.05, 0.1) is 17.6 Å². The highest BCUT2D eigenvalue weighted by Crippen LogP contribution is 2.33. The van der Waals surface area contributed by atoms with Gasteiger partial charge in [0.2, 0.25) is 10.0 Å². The Morgan fingerprint density at radius 1 is 1.20 bits per heavy atom. The molecule has 0 aromatic heterocycles. The first-order valence-corrected chi connectivity index (χ1v) is 10.1. The summed E-state index contributed by atoms with van der Waals surface area (Å²) in [6, 6.07) is 9.85. The van der Waals surface area contributed by atoms with Gasteiger partial charge in [-0.25, -0.2) is 8.42 Å². The number of fused-ring (bicyclic) bond motifs is 1. The molecule has 1 atom stereocenters. The first-order valence-electron chi connectivity index (χ1n) is 8.67. The fourth-order valence-electron chi connectivity index (χ4n) is 3.56. The number of hydrogen-bond acceptors (Lipinski definition) is 5. The molecule has 2 heterocycles. The van der Waals surface area contributed by atoms with Crippen LogP contribution < -0.4 is 4.74 Å². The molecule has 132 valence electrons. The van der Waals surface area contributed by atoms with E-state index >= 15 is 0 Å². The Morgan fingerprint density at radius 3 is 2.76 bits per heavy atom. The minimum atomic E-state index is -3.59. The second-order valence-electron chi connectivity index (χ2n) is 6.72. The van der Waals surface area contributed by atoms with Gasteiger partial charge in [-0.2, -0.15) is 9.57 Å². The molecule has 0 amide bonds. The quantitative estimate of drug-likeness (QED) is 0.823. The minimum Gasteiger partial charge on any atom is -0.493 e. The van der Waals surface area contributed by atoms with E-state index in [1.165, 1.54) is 4.31 Å². The monoisotopic (exact) mass is 359 g/mol. The molecule has 1 unspecified atom stereocenters. The Hall–Kier alpha value is -1.88. The lowest BCUT2D eigenvalue weighted by Gasteiger charge is -2.37. The van der Waals surface area contributed by atoms with Crippen LogP contribution in [-0.2, 0) is 10.0 Å². The zero-order valence-electron chi connectivity index (χ0n) is 14.0. The van der Waals surface area contributed by atoms with Crippen LogP contribution >= 0.6 is 0 Å². The van der Waals surface area contributed by atoms with Crippen molar-refractivity contribution in [3.05, 3.63) is 34.7 Å². The fraction of sp³-hybridized carbons (Fsp3) is 0.500. The average molecular weight is 359 g/mol. The molecule has 3 aliphatic rings. The SMILES string of the molecule is N#CC1CN(S(=O)(=O)C2=Cc3ccccc3OCC2)CCN1C1CC1. The molecule has 1 aromatic rings. The number of para-hydroxylation sites is 1. The van der Waals surface area contributed by atoms with Crippen LogP contribution in [0.3, 0.4) is 0 Å². The van der Waals surface area contributed by atoms with Gasteiger partial charge in [-0.15, -0.1) is 0 Å². The van der Waals surface area contributed by atoms with Crippen molar-refractivity contribution in [2.24, 2.45) is 0 Å². The van der Waals surface area contributed by atoms with E-state index in [9.17, 15) is 13.7 Å². The van der Waals surface area contributed by atoms with Crippen molar-refractivity contribution in [3.63, 3.8) is 0 Å². The van der Waals surface area contributed by atoms with Gasteiger partial charge in [0.25, 0.3) is 0 Å². The number of ether oxygens (including phenoxy) is 1. The van der Waals surface area contributed by atoms with Crippen molar-refractivity contribution in [2.75, 3.05) is 26.2 Å². The summed E-state index contributed by atoms with van der Waals surface area (Å²) in [7, 11) is -3.59. The number of benzene rings is 1. The highest BCUT2D eigenvalue weighted by Gasteiger charge is 2.41. The summed E-state index contributed by atoms with van der Waals surface area (Å²) in [6.45, 7) is 1.65. The van der Waals surface area contributed by atoms with Crippen molar-refractivity contribution >= 4 is 16.1 Å². The van der Waals surface area contributed by atoms with Crippen molar-refractivity contribution in [3.8, 4) is 11.8 Å². The van der Waals surface area contributed by atoms with Crippen molar-refractivity contribution in [1.29, 1.82) is 5.26 Å². The highest BCUT2D eigenvalue weighted by molar-refractivity contribution is 7.93. The Balaban J connectivity index is 1.59. The van der Waals surface area contributed by atoms with Crippen LogP contribution in [0.25, 0.3) is 6.08 Å². The van der Waals surface area contributed by atoms with Crippen LogP contribution in [0.5, 0.6) is 5.75 Å². The van der Waals surface area contributed by atoms with Gasteiger partial charge in [0.15, 0.2) is 0 Å². The molecule has 2 aliphatic heterocycles. The normalized spacial score (nSPS) is 25.2. The van der Waals surface area contributed by atoms with Gasteiger partial charge in [0, 0.05) is 37.7 Å². The average Bonchev–Trinajstić information content (AvgIpc) is 3.47. The summed E-state index contributed by atoms with van der Waals surface area (Å²) < 4.78 is 33.4. The Morgan fingerprint density at radius 2 is 2.00 bits per heavy atom. The maximum absolute atomic E-state index is 13.1. The van der Waals surface area contributed by atoms with Gasteiger partial charge in [-0.1, -0.05) is 18.2 Å². The molecule has 25 heavy (non-hydrogen) atoms. The molecule has 2 fully saturated rings. The van der Waals surface area contributed by atoms with Crippen molar-refractivity contribution < 1.29 is 13.2 Å². The largest absolute Gasteiger partial charge is 0.493 e. The molecular weight excluding hydrogens is 338 g/mol. The number of nitrogens with zero attached hydrogens (tertiary/aromatic N) is 3. The van der Waals surface area contributed by atoms with Gasteiger partial charge in [-0.3, -0.25) is 4.90 Å². The summed E-state index contributed by atoms with van der Waals surface area (Å²) in [5, 5.41) is 9.46. The van der Waals surface area contributed by atoms with E-state index in [1.54, 1.807) is 6.08 Å². The summed E-state index contributed by atoms with van der Waals surface area (Å²) in [6.07, 6.45) is 4.29. The third-order valence-electron chi connectivity index (χ3n) is 5.06. The Kier molecular flexibility index (Phi) is 4.28. The third kappa shape index (κ3) is 3.17. The standard InChI is InChI=1S/C18H21N3O3S/c19-12-16-13-20(8-9-21(16)15-5-6-15)25(22,23)17-7-10-24-18-4-2-1-3-14(18)11-17/h1-4,11,15-16H,5-10,13H2. The van der Waals surface area contributed by atoms with E-state index < -0.39 is 10.0 Å². The summed E-state index contributed by atoms with van der Waals surface area (Å²) >= 11 is 0. The molecule has 1 aromatic carbocycles. The molecule has 1 aliphatic carbocycles. The number of hydrogen-bond donors (Lipinski definition) is 0. The van der Waals surface area contributed by atoms with Crippen LogP contribution in [0, 0.1) is 11.3 Å². The van der Waals surface area contributed by atoms with Gasteiger partial charge >= 0.3 is 0 Å². The summed E-state index contributed by atoms with van der Waals surface area (Å²) in [4.78, 5) is 2.53. The number of piperazine rings is 1. The molecule has 0 N–H and O–H groups in total. The molecule has 6 nitrogen and oxygen atoms in total. The molecule has 4 rings (SSSR count). The lowest BCUT2D eigenvalue weighted by molar-refractivity contribution is 0.142. The van der Waals surface area contributed by atoms with Crippen LogP contribution in [0.1, 0.15) is 24.8 Å². The summed E-state index contributed by atoms with van der Waals surface area (Å²) in [5.74, 6) is 0.709. The number of rotatable bonds is 3. The topological polar surface area (TPSA) is 73.6 Å². The van der Waals surface area contributed by atoms with Gasteiger partial charge in [0.1, 0.15) is 11.8 Å². The van der Waals surface area contributed by atoms with E-state index in [4.69, 9.17) is 4.74 Å². The van der Waals surface area contributed by atoms with Crippen LogP contribution in [0.15, 0.2) is 29.2 Å². The lowest BCUT2D eigenvalue weighted by Crippen LogP contribution is -2.54. The molecule has 0 radical (unpaired) electrons. The zero-order valence-corrected chi connectivity index (χ0v) is 14.8. The van der Waals surface area contributed by atoms with E-state index in [2.05, 4.69) is 11.0 Å². The van der Waals surface area contributed by atoms with Crippen molar-refractivity contribution in [1.82, 2.24) is 9.21 Å². The second-order valence-corrected chi connectivity index (χ2v) is 8.71. The number of nitriles is 1. The number of sulfonamides is 1. The van der Waals surface area contributed by atoms with E-state index in [0.29, 0.717) is 42.8 Å². The third-order valence-corrected chi connectivity index (χ3v) is 7.06. The first kappa shape index (κ1) is 16.6. The Bertz CT molecular complexity index is 839. The van der Waals surface area contributed by atoms with E-state index in [1.807, 2.05) is 24.3 Å². The minimum absolute atomic E-state index is 0.245. The van der Waals surface area contributed by atoms with Crippen LogP contribution in [0.2, 0.25) is 0 Å². The predicted molar refractivity (Wildman–Crippen MR) is 94.2 cm³/mol.